The van der Waals surface area contributed by atoms with Crippen LogP contribution in [-0.4, -0.2) is 35.7 Å². The molecule has 0 fully saturated rings. The van der Waals surface area contributed by atoms with E-state index in [2.05, 4.69) is 14.9 Å². The Morgan fingerprint density at radius 3 is 2.71 bits per heavy atom. The predicted octanol–water partition coefficient (Wildman–Crippen LogP) is 0.187. The maximum absolute atomic E-state index is 11.8. The van der Waals surface area contributed by atoms with Crippen LogP contribution in [0.15, 0.2) is 17.3 Å². The van der Waals surface area contributed by atoms with Crippen LogP contribution in [0.4, 0.5) is 0 Å². The van der Waals surface area contributed by atoms with E-state index in [4.69, 9.17) is 5.11 Å². The van der Waals surface area contributed by atoms with Crippen molar-refractivity contribution in [1.82, 2.24) is 14.9 Å². The number of carbonyl (C=O) groups is 1. The van der Waals surface area contributed by atoms with Gasteiger partial charge in [0.05, 0.1) is 6.20 Å². The first kappa shape index (κ1) is 13.7. The molecule has 0 saturated heterocycles. The first-order valence-corrected chi connectivity index (χ1v) is 6.61. The van der Waals surface area contributed by atoms with Gasteiger partial charge in [-0.05, 0) is 12.0 Å². The lowest BCUT2D eigenvalue weighted by Crippen LogP contribution is -2.45. The fourth-order valence-electron chi connectivity index (χ4n) is 1.27. The minimum atomic E-state index is -3.87. The van der Waals surface area contributed by atoms with Crippen LogP contribution in [-0.2, 0) is 14.8 Å². The standard InChI is InChI=1S/C9H15N3O4S/c1-3-6(2)8(9(13)14)12-17(15,16)7-4-5-10-11-7/h4-6,8,12H,3H2,1-2H3,(H,10,11)(H,13,14)/t6-,8-/m0/s1. The Balaban J connectivity index is 2.92. The highest BCUT2D eigenvalue weighted by molar-refractivity contribution is 7.89. The second-order valence-electron chi connectivity index (χ2n) is 3.74. The summed E-state index contributed by atoms with van der Waals surface area (Å²) < 4.78 is 25.7. The molecule has 96 valence electrons. The summed E-state index contributed by atoms with van der Waals surface area (Å²) in [6.07, 6.45) is 1.84. The molecule has 0 aliphatic rings. The van der Waals surface area contributed by atoms with Gasteiger partial charge in [0.25, 0.3) is 10.0 Å². The van der Waals surface area contributed by atoms with Crippen molar-refractivity contribution < 1.29 is 18.3 Å². The van der Waals surface area contributed by atoms with Crippen molar-refractivity contribution in [3.05, 3.63) is 12.3 Å². The van der Waals surface area contributed by atoms with Gasteiger partial charge in [0, 0.05) is 0 Å². The van der Waals surface area contributed by atoms with Gasteiger partial charge in [-0.1, -0.05) is 20.3 Å². The van der Waals surface area contributed by atoms with E-state index in [1.165, 1.54) is 12.3 Å². The summed E-state index contributed by atoms with van der Waals surface area (Å²) >= 11 is 0. The highest BCUT2D eigenvalue weighted by atomic mass is 32.2. The van der Waals surface area contributed by atoms with E-state index < -0.39 is 22.0 Å². The Hall–Kier alpha value is -1.41. The molecule has 7 nitrogen and oxygen atoms in total. The first-order valence-electron chi connectivity index (χ1n) is 5.13. The van der Waals surface area contributed by atoms with Crippen molar-refractivity contribution in [2.75, 3.05) is 0 Å². The number of hydrogen-bond acceptors (Lipinski definition) is 4. The number of H-pyrrole nitrogens is 1. The van der Waals surface area contributed by atoms with Crippen LogP contribution < -0.4 is 4.72 Å². The molecule has 1 rings (SSSR count). The lowest BCUT2D eigenvalue weighted by Gasteiger charge is -2.19. The van der Waals surface area contributed by atoms with Gasteiger partial charge in [0.2, 0.25) is 0 Å². The number of aliphatic carboxylic acids is 1. The second kappa shape index (κ2) is 5.28. The molecular formula is C9H15N3O4S. The molecule has 0 aromatic carbocycles. The third kappa shape index (κ3) is 3.27. The maximum atomic E-state index is 11.8. The average molecular weight is 261 g/mol. The zero-order chi connectivity index (χ0) is 13.1. The summed E-state index contributed by atoms with van der Waals surface area (Å²) in [6.45, 7) is 3.47. The molecule has 0 unspecified atom stereocenters. The van der Waals surface area contributed by atoms with E-state index in [9.17, 15) is 13.2 Å². The van der Waals surface area contributed by atoms with Crippen molar-refractivity contribution in [3.63, 3.8) is 0 Å². The summed E-state index contributed by atoms with van der Waals surface area (Å²) in [6, 6.07) is 0.117. The lowest BCUT2D eigenvalue weighted by atomic mass is 10.0. The maximum Gasteiger partial charge on any atom is 0.322 e. The Bertz CT molecular complexity index is 468. The van der Waals surface area contributed by atoms with Gasteiger partial charge >= 0.3 is 5.97 Å². The van der Waals surface area contributed by atoms with Gasteiger partial charge in [0.1, 0.15) is 6.04 Å². The van der Waals surface area contributed by atoms with Gasteiger partial charge in [-0.3, -0.25) is 9.89 Å². The first-order chi connectivity index (χ1) is 7.88. The van der Waals surface area contributed by atoms with Gasteiger partial charge in [-0.2, -0.15) is 9.82 Å². The molecule has 0 radical (unpaired) electrons. The van der Waals surface area contributed by atoms with Gasteiger partial charge < -0.3 is 5.11 Å². The number of aromatic nitrogens is 2. The normalized spacial score (nSPS) is 15.4. The van der Waals surface area contributed by atoms with E-state index in [0.29, 0.717) is 6.42 Å². The number of carboxylic acids is 1. The van der Waals surface area contributed by atoms with Crippen LogP contribution in [0.25, 0.3) is 0 Å². The van der Waals surface area contributed by atoms with Gasteiger partial charge in [-0.25, -0.2) is 8.42 Å². The Kier molecular flexibility index (Phi) is 4.24. The molecule has 0 bridgehead atoms. The zero-order valence-corrected chi connectivity index (χ0v) is 10.4. The largest absolute Gasteiger partial charge is 0.480 e. The monoisotopic (exact) mass is 261 g/mol. The third-order valence-corrected chi connectivity index (χ3v) is 3.90. The number of nitrogens with one attached hydrogen (secondary N) is 2. The molecule has 0 spiro atoms. The number of sulfonamides is 1. The van der Waals surface area contributed by atoms with Gasteiger partial charge in [-0.15, -0.1) is 0 Å². The Morgan fingerprint density at radius 2 is 2.29 bits per heavy atom. The molecule has 8 heteroatoms. The molecule has 1 aromatic heterocycles. The van der Waals surface area contributed by atoms with Crippen LogP contribution in [0.1, 0.15) is 20.3 Å². The summed E-state index contributed by atoms with van der Waals surface area (Å²) in [5.74, 6) is -1.49. The van der Waals surface area contributed by atoms with Crippen LogP contribution >= 0.6 is 0 Å². The molecule has 3 N–H and O–H groups in total. The number of nitrogens with zero attached hydrogens (tertiary/aromatic N) is 1. The molecule has 17 heavy (non-hydrogen) atoms. The zero-order valence-electron chi connectivity index (χ0n) is 9.54. The number of hydrogen-bond donors (Lipinski definition) is 3. The van der Waals surface area contributed by atoms with Crippen molar-refractivity contribution >= 4 is 16.0 Å². The number of carboxylic acid groups (broad SMARTS) is 1. The Labute approximate surface area is 99.3 Å². The fraction of sp³-hybridized carbons (Fsp3) is 0.556. The van der Waals surface area contributed by atoms with E-state index in [1.807, 2.05) is 0 Å². The van der Waals surface area contributed by atoms with E-state index in [1.54, 1.807) is 13.8 Å². The van der Waals surface area contributed by atoms with E-state index in [-0.39, 0.29) is 10.9 Å². The summed E-state index contributed by atoms with van der Waals surface area (Å²) in [4.78, 5) is 11.0. The smallest absolute Gasteiger partial charge is 0.322 e. The third-order valence-electron chi connectivity index (χ3n) is 2.53. The molecule has 0 amide bonds. The average Bonchev–Trinajstić information content (AvgIpc) is 2.78. The van der Waals surface area contributed by atoms with Crippen molar-refractivity contribution in [1.29, 1.82) is 0 Å². The van der Waals surface area contributed by atoms with Crippen LogP contribution in [0.5, 0.6) is 0 Å². The molecule has 1 heterocycles. The van der Waals surface area contributed by atoms with Crippen molar-refractivity contribution in [2.24, 2.45) is 5.92 Å². The minimum Gasteiger partial charge on any atom is -0.480 e. The SMILES string of the molecule is CC[C@H](C)[C@H](NS(=O)(=O)c1ccn[nH]1)C(=O)O. The van der Waals surface area contributed by atoms with E-state index in [0.717, 1.165) is 0 Å². The number of rotatable bonds is 6. The molecule has 0 aliphatic heterocycles. The molecule has 0 aliphatic carbocycles. The predicted molar refractivity (Wildman–Crippen MR) is 59.8 cm³/mol. The van der Waals surface area contributed by atoms with Crippen molar-refractivity contribution in [2.45, 2.75) is 31.3 Å². The minimum absolute atomic E-state index is 0.146. The lowest BCUT2D eigenvalue weighted by molar-refractivity contribution is -0.140. The fourth-order valence-corrected chi connectivity index (χ4v) is 2.48. The second-order valence-corrected chi connectivity index (χ2v) is 5.43. The highest BCUT2D eigenvalue weighted by Crippen LogP contribution is 2.12. The van der Waals surface area contributed by atoms with Crippen LogP contribution in [0.2, 0.25) is 0 Å². The van der Waals surface area contributed by atoms with Crippen LogP contribution in [0, 0.1) is 5.92 Å². The molecular weight excluding hydrogens is 246 g/mol. The summed E-state index contributed by atoms with van der Waals surface area (Å²) in [7, 11) is -3.87. The molecule has 2 atom stereocenters. The summed E-state index contributed by atoms with van der Waals surface area (Å²) in [5, 5.41) is 14.6. The van der Waals surface area contributed by atoms with Gasteiger partial charge in [0.15, 0.2) is 5.03 Å². The molecule has 1 aromatic rings. The quantitative estimate of drug-likeness (QED) is 0.676. The number of aromatic amines is 1. The van der Waals surface area contributed by atoms with Crippen LogP contribution in [0.3, 0.4) is 0 Å². The highest BCUT2D eigenvalue weighted by Gasteiger charge is 2.29. The van der Waals surface area contributed by atoms with Crippen molar-refractivity contribution in [3.8, 4) is 0 Å². The molecule has 0 saturated carbocycles. The topological polar surface area (TPSA) is 112 Å². The van der Waals surface area contributed by atoms with E-state index >= 15 is 0 Å². The summed E-state index contributed by atoms with van der Waals surface area (Å²) in [5.41, 5.74) is 0. The Morgan fingerprint density at radius 1 is 1.65 bits per heavy atom.